The molecule has 1 aliphatic heterocycles. The fraction of sp³-hybridized carbons (Fsp3) is 1.00. The number of nitrogens with two attached hydrogens (primary N) is 1. The van der Waals surface area contributed by atoms with Gasteiger partial charge in [-0.2, -0.15) is 17.5 Å². The van der Waals surface area contributed by atoms with Crippen molar-refractivity contribution >= 4 is 22.4 Å². The van der Waals surface area contributed by atoms with Crippen molar-refractivity contribution in [2.75, 3.05) is 13.1 Å². The van der Waals surface area contributed by atoms with Crippen LogP contribution in [0.4, 0.5) is 13.2 Å². The van der Waals surface area contributed by atoms with Crippen LogP contribution in [0.1, 0.15) is 12.8 Å². The van der Waals surface area contributed by atoms with E-state index >= 15 is 0 Å². The minimum absolute atomic E-state index is 0. The van der Waals surface area contributed by atoms with Crippen LogP contribution in [0.2, 0.25) is 0 Å². The van der Waals surface area contributed by atoms with E-state index in [1.165, 1.54) is 0 Å². The monoisotopic (exact) mass is 268 g/mol. The van der Waals surface area contributed by atoms with E-state index in [2.05, 4.69) is 0 Å². The largest absolute Gasteiger partial charge is 0.511 e. The second-order valence-electron chi connectivity index (χ2n) is 3.21. The van der Waals surface area contributed by atoms with Crippen molar-refractivity contribution in [2.45, 2.75) is 24.4 Å². The molecule has 1 unspecified atom stereocenters. The van der Waals surface area contributed by atoms with E-state index in [-0.39, 0.29) is 25.5 Å². The van der Waals surface area contributed by atoms with Crippen molar-refractivity contribution in [3.05, 3.63) is 0 Å². The Hall–Kier alpha value is -0.0500. The molecule has 1 fully saturated rings. The molecule has 1 atom stereocenters. The van der Waals surface area contributed by atoms with Gasteiger partial charge in [-0.05, 0) is 12.8 Å². The van der Waals surface area contributed by atoms with E-state index in [1.54, 1.807) is 0 Å². The van der Waals surface area contributed by atoms with Crippen molar-refractivity contribution in [2.24, 2.45) is 5.73 Å². The smallest absolute Gasteiger partial charge is 0.327 e. The van der Waals surface area contributed by atoms with E-state index in [9.17, 15) is 21.6 Å². The average molecular weight is 269 g/mol. The molecule has 1 aliphatic rings. The van der Waals surface area contributed by atoms with Crippen LogP contribution in [-0.4, -0.2) is 37.4 Å². The Labute approximate surface area is 92.1 Å². The van der Waals surface area contributed by atoms with Crippen LogP contribution >= 0.6 is 12.4 Å². The third-order valence-corrected chi connectivity index (χ3v) is 3.65. The fourth-order valence-electron chi connectivity index (χ4n) is 1.34. The maximum atomic E-state index is 12.1. The number of halogens is 4. The zero-order valence-corrected chi connectivity index (χ0v) is 9.33. The molecule has 2 N–H and O–H groups in total. The van der Waals surface area contributed by atoms with Crippen molar-refractivity contribution in [1.29, 1.82) is 0 Å². The van der Waals surface area contributed by atoms with Crippen LogP contribution in [0.15, 0.2) is 0 Å². The lowest BCUT2D eigenvalue weighted by atomic mass is 10.1. The summed E-state index contributed by atoms with van der Waals surface area (Å²) in [6.45, 7) is -0.350. The van der Waals surface area contributed by atoms with Crippen molar-refractivity contribution < 1.29 is 21.6 Å². The van der Waals surface area contributed by atoms with Crippen LogP contribution < -0.4 is 5.73 Å². The molecule has 0 saturated carbocycles. The van der Waals surface area contributed by atoms with Gasteiger partial charge in [0.05, 0.1) is 0 Å². The highest BCUT2D eigenvalue weighted by atomic mass is 35.5. The minimum Gasteiger partial charge on any atom is -0.327 e. The molecule has 15 heavy (non-hydrogen) atoms. The summed E-state index contributed by atoms with van der Waals surface area (Å²) >= 11 is 0. The summed E-state index contributed by atoms with van der Waals surface area (Å²) in [5.41, 5.74) is 0.173. The number of hydrogen-bond donors (Lipinski definition) is 1. The normalized spacial score (nSPS) is 24.7. The number of hydrogen-bond acceptors (Lipinski definition) is 3. The first-order chi connectivity index (χ1) is 6.25. The molecule has 1 heterocycles. The van der Waals surface area contributed by atoms with Crippen LogP contribution in [-0.2, 0) is 10.0 Å². The Morgan fingerprint density at radius 1 is 1.33 bits per heavy atom. The number of rotatable bonds is 1. The first-order valence-corrected chi connectivity index (χ1v) is 5.51. The molecule has 0 amide bonds. The van der Waals surface area contributed by atoms with Crippen molar-refractivity contribution in [1.82, 2.24) is 4.31 Å². The van der Waals surface area contributed by atoms with Gasteiger partial charge < -0.3 is 5.73 Å². The molecule has 92 valence electrons. The predicted molar refractivity (Wildman–Crippen MR) is 51.0 cm³/mol. The predicted octanol–water partition coefficient (Wildman–Crippen LogP) is 0.681. The Morgan fingerprint density at radius 3 is 2.27 bits per heavy atom. The molecule has 0 spiro atoms. The van der Waals surface area contributed by atoms with Gasteiger partial charge in [-0.25, -0.2) is 8.42 Å². The SMILES string of the molecule is Cl.NC1CCCN(S(=O)(=O)C(F)(F)F)C1. The van der Waals surface area contributed by atoms with Crippen LogP contribution in [0.5, 0.6) is 0 Å². The standard InChI is InChI=1S/C6H11F3N2O2S.ClH/c7-6(8,9)14(12,13)11-3-1-2-5(10)4-11;/h5H,1-4,10H2;1H. The van der Waals surface area contributed by atoms with Crippen molar-refractivity contribution in [3.8, 4) is 0 Å². The van der Waals surface area contributed by atoms with Crippen LogP contribution in [0, 0.1) is 0 Å². The third kappa shape index (κ3) is 3.20. The van der Waals surface area contributed by atoms with Gasteiger partial charge in [0.15, 0.2) is 0 Å². The summed E-state index contributed by atoms with van der Waals surface area (Å²) in [4.78, 5) is 0. The van der Waals surface area contributed by atoms with Crippen LogP contribution in [0.25, 0.3) is 0 Å². The second-order valence-corrected chi connectivity index (χ2v) is 5.14. The summed E-state index contributed by atoms with van der Waals surface area (Å²) < 4.78 is 58.4. The fourth-order valence-corrected chi connectivity index (χ4v) is 2.39. The lowest BCUT2D eigenvalue weighted by Gasteiger charge is -2.30. The topological polar surface area (TPSA) is 63.4 Å². The van der Waals surface area contributed by atoms with Gasteiger partial charge >= 0.3 is 15.5 Å². The highest BCUT2D eigenvalue weighted by Crippen LogP contribution is 2.28. The van der Waals surface area contributed by atoms with Gasteiger partial charge in [0.1, 0.15) is 0 Å². The van der Waals surface area contributed by atoms with Gasteiger partial charge in [0.25, 0.3) is 0 Å². The molecule has 1 saturated heterocycles. The van der Waals surface area contributed by atoms with Crippen molar-refractivity contribution in [3.63, 3.8) is 0 Å². The molecule has 0 aromatic heterocycles. The highest BCUT2D eigenvalue weighted by molar-refractivity contribution is 7.90. The van der Waals surface area contributed by atoms with E-state index in [1.807, 2.05) is 0 Å². The summed E-state index contributed by atoms with van der Waals surface area (Å²) in [6, 6.07) is -0.499. The minimum atomic E-state index is -5.22. The Balaban J connectivity index is 0.00000196. The number of piperidine rings is 1. The number of alkyl halides is 3. The Morgan fingerprint density at radius 2 is 1.87 bits per heavy atom. The molecular weight excluding hydrogens is 257 g/mol. The highest BCUT2D eigenvalue weighted by Gasteiger charge is 2.50. The zero-order chi connectivity index (χ0) is 11.0. The van der Waals surface area contributed by atoms with E-state index in [0.29, 0.717) is 17.1 Å². The molecule has 0 aromatic carbocycles. The van der Waals surface area contributed by atoms with Gasteiger partial charge in [-0.3, -0.25) is 0 Å². The summed E-state index contributed by atoms with van der Waals surface area (Å²) in [7, 11) is -5.18. The molecule has 0 aliphatic carbocycles. The average Bonchev–Trinajstić information content (AvgIpc) is 2.02. The number of sulfonamides is 1. The summed E-state index contributed by atoms with van der Waals surface area (Å²) in [6.07, 6.45) is 0.931. The third-order valence-electron chi connectivity index (χ3n) is 2.05. The Kier molecular flexibility index (Phi) is 4.84. The van der Waals surface area contributed by atoms with Crippen LogP contribution in [0.3, 0.4) is 0 Å². The van der Waals surface area contributed by atoms with E-state index in [4.69, 9.17) is 5.73 Å². The van der Waals surface area contributed by atoms with E-state index < -0.39 is 21.6 Å². The molecule has 1 rings (SSSR count). The Bertz CT molecular complexity index is 306. The summed E-state index contributed by atoms with van der Waals surface area (Å²) in [5.74, 6) is 0. The first kappa shape index (κ1) is 14.9. The second kappa shape index (κ2) is 4.86. The molecule has 9 heteroatoms. The van der Waals surface area contributed by atoms with Gasteiger partial charge in [-0.15, -0.1) is 12.4 Å². The van der Waals surface area contributed by atoms with Gasteiger partial charge in [0.2, 0.25) is 0 Å². The molecule has 4 nitrogen and oxygen atoms in total. The molecule has 0 radical (unpaired) electrons. The molecule has 0 aromatic rings. The molecular formula is C6H12ClF3N2O2S. The van der Waals surface area contributed by atoms with E-state index in [0.717, 1.165) is 0 Å². The maximum Gasteiger partial charge on any atom is 0.511 e. The lowest BCUT2D eigenvalue weighted by Crippen LogP contribution is -2.49. The van der Waals surface area contributed by atoms with Gasteiger partial charge in [0, 0.05) is 19.1 Å². The first-order valence-electron chi connectivity index (χ1n) is 4.07. The van der Waals surface area contributed by atoms with Gasteiger partial charge in [-0.1, -0.05) is 0 Å². The maximum absolute atomic E-state index is 12.1. The summed E-state index contributed by atoms with van der Waals surface area (Å²) in [5, 5.41) is 0. The number of nitrogens with zero attached hydrogens (tertiary/aromatic N) is 1. The quantitative estimate of drug-likeness (QED) is 0.761. The lowest BCUT2D eigenvalue weighted by molar-refractivity contribution is -0.0494. The zero-order valence-electron chi connectivity index (χ0n) is 7.70. The molecule has 0 bridgehead atoms.